The van der Waals surface area contributed by atoms with Crippen molar-refractivity contribution in [3.05, 3.63) is 23.7 Å². The Morgan fingerprint density at radius 1 is 1.38 bits per heavy atom. The van der Waals surface area contributed by atoms with Crippen molar-refractivity contribution in [2.75, 3.05) is 6.54 Å². The quantitative estimate of drug-likeness (QED) is 0.891. The van der Waals surface area contributed by atoms with Gasteiger partial charge in [-0.1, -0.05) is 20.8 Å². The lowest BCUT2D eigenvalue weighted by Crippen LogP contribution is -2.34. The minimum atomic E-state index is -3.69. The minimum Gasteiger partial charge on any atom is -0.427 e. The van der Waals surface area contributed by atoms with Crippen LogP contribution in [-0.4, -0.2) is 34.7 Å². The van der Waals surface area contributed by atoms with E-state index in [0.29, 0.717) is 12.4 Å². The summed E-state index contributed by atoms with van der Waals surface area (Å²) in [6, 6.07) is 0. The average Bonchev–Trinajstić information content (AvgIpc) is 3.13. The van der Waals surface area contributed by atoms with Gasteiger partial charge in [0.2, 0.25) is 5.89 Å². The van der Waals surface area contributed by atoms with Crippen LogP contribution >= 0.6 is 0 Å². The first-order chi connectivity index (χ1) is 11.2. The van der Waals surface area contributed by atoms with Gasteiger partial charge in [0.1, 0.15) is 11.6 Å². The van der Waals surface area contributed by atoms with E-state index in [-0.39, 0.29) is 16.4 Å². The monoisotopic (exact) mass is 353 g/mol. The van der Waals surface area contributed by atoms with Crippen LogP contribution in [0.25, 0.3) is 0 Å². The number of hydrogen-bond acceptors (Lipinski definition) is 6. The molecule has 2 aromatic heterocycles. The van der Waals surface area contributed by atoms with Crippen LogP contribution in [0, 0.1) is 12.8 Å². The van der Waals surface area contributed by atoms with Crippen molar-refractivity contribution in [2.45, 2.75) is 57.6 Å². The third-order valence-electron chi connectivity index (χ3n) is 4.18. The van der Waals surface area contributed by atoms with Crippen molar-refractivity contribution in [2.24, 2.45) is 5.92 Å². The van der Waals surface area contributed by atoms with Crippen LogP contribution in [0.3, 0.4) is 0 Å². The van der Waals surface area contributed by atoms with Crippen molar-refractivity contribution >= 4 is 10.0 Å². The van der Waals surface area contributed by atoms with Crippen molar-refractivity contribution in [3.63, 3.8) is 0 Å². The van der Waals surface area contributed by atoms with E-state index in [1.54, 1.807) is 0 Å². The molecular formula is C15H23N5O3S. The summed E-state index contributed by atoms with van der Waals surface area (Å²) >= 11 is 0. The first-order valence-corrected chi connectivity index (χ1v) is 9.50. The van der Waals surface area contributed by atoms with E-state index in [4.69, 9.17) is 4.42 Å². The Balaban J connectivity index is 1.66. The van der Waals surface area contributed by atoms with Crippen LogP contribution in [0.1, 0.15) is 44.7 Å². The zero-order valence-electron chi connectivity index (χ0n) is 14.4. The Kier molecular flexibility index (Phi) is 4.25. The molecule has 1 N–H and O–H groups in total. The molecule has 1 unspecified atom stereocenters. The molecule has 3 heterocycles. The lowest BCUT2D eigenvalue weighted by atomic mass is 9.97. The number of oxazole rings is 1. The van der Waals surface area contributed by atoms with Crippen molar-refractivity contribution in [1.29, 1.82) is 0 Å². The van der Waals surface area contributed by atoms with E-state index < -0.39 is 10.0 Å². The van der Waals surface area contributed by atoms with Crippen molar-refractivity contribution in [1.82, 2.24) is 24.5 Å². The molecule has 1 aliphatic rings. The second-order valence-corrected chi connectivity index (χ2v) is 8.96. The van der Waals surface area contributed by atoms with Gasteiger partial charge in [-0.15, -0.1) is 10.2 Å². The van der Waals surface area contributed by atoms with E-state index >= 15 is 0 Å². The fraction of sp³-hybridized carbons (Fsp3) is 0.667. The second-order valence-electron chi connectivity index (χ2n) is 7.27. The third-order valence-corrected chi connectivity index (χ3v) is 5.45. The summed E-state index contributed by atoms with van der Waals surface area (Å²) in [5.74, 6) is 2.44. The van der Waals surface area contributed by atoms with Gasteiger partial charge < -0.3 is 8.98 Å². The maximum Gasteiger partial charge on any atom is 0.275 e. The fourth-order valence-corrected chi connectivity index (χ4v) is 3.70. The van der Waals surface area contributed by atoms with E-state index in [9.17, 15) is 8.42 Å². The van der Waals surface area contributed by atoms with Gasteiger partial charge in [0, 0.05) is 24.9 Å². The SMILES string of the molecule is Cc1nnc2n1CC(CNS(=O)(=O)c1cnc(C(C)(C)C)o1)CC2. The van der Waals surface area contributed by atoms with Crippen LogP contribution < -0.4 is 4.72 Å². The number of hydrogen-bond donors (Lipinski definition) is 1. The first kappa shape index (κ1) is 17.1. The zero-order valence-corrected chi connectivity index (χ0v) is 15.2. The van der Waals surface area contributed by atoms with Gasteiger partial charge in [0.05, 0.1) is 6.20 Å². The molecule has 24 heavy (non-hydrogen) atoms. The molecule has 0 aromatic carbocycles. The molecule has 132 valence electrons. The number of nitrogens with zero attached hydrogens (tertiary/aromatic N) is 4. The molecule has 1 aliphatic heterocycles. The van der Waals surface area contributed by atoms with Gasteiger partial charge in [-0.2, -0.15) is 0 Å². The van der Waals surface area contributed by atoms with E-state index in [2.05, 4.69) is 24.5 Å². The largest absolute Gasteiger partial charge is 0.427 e. The summed E-state index contributed by atoms with van der Waals surface area (Å²) in [5.41, 5.74) is -0.334. The molecular weight excluding hydrogens is 330 g/mol. The highest BCUT2D eigenvalue weighted by Gasteiger charge is 2.27. The average molecular weight is 353 g/mol. The normalized spacial score (nSPS) is 18.6. The summed E-state index contributed by atoms with van der Waals surface area (Å²) in [5, 5.41) is 8.06. The van der Waals surface area contributed by atoms with Gasteiger partial charge in [0.15, 0.2) is 0 Å². The number of nitrogens with one attached hydrogen (secondary N) is 1. The molecule has 0 saturated carbocycles. The van der Waals surface area contributed by atoms with E-state index in [1.165, 1.54) is 6.20 Å². The summed E-state index contributed by atoms with van der Waals surface area (Å²) in [6.45, 7) is 8.74. The fourth-order valence-electron chi connectivity index (χ4n) is 2.73. The maximum absolute atomic E-state index is 12.4. The molecule has 0 fully saturated rings. The predicted octanol–water partition coefficient (Wildman–Crippen LogP) is 1.41. The Labute approximate surface area is 141 Å². The number of rotatable bonds is 4. The van der Waals surface area contributed by atoms with Gasteiger partial charge in [0.25, 0.3) is 15.1 Å². The highest BCUT2D eigenvalue weighted by atomic mass is 32.2. The molecule has 0 amide bonds. The Morgan fingerprint density at radius 2 is 2.12 bits per heavy atom. The molecule has 8 nitrogen and oxygen atoms in total. The second kappa shape index (κ2) is 5.96. The van der Waals surface area contributed by atoms with Crippen LogP contribution in [0.4, 0.5) is 0 Å². The Bertz CT molecular complexity index is 832. The Hall–Kier alpha value is -1.74. The third kappa shape index (κ3) is 3.36. The lowest BCUT2D eigenvalue weighted by molar-refractivity contribution is 0.337. The lowest BCUT2D eigenvalue weighted by Gasteiger charge is -2.23. The van der Waals surface area contributed by atoms with Crippen LogP contribution in [0.5, 0.6) is 0 Å². The van der Waals surface area contributed by atoms with Gasteiger partial charge in [-0.25, -0.2) is 18.1 Å². The van der Waals surface area contributed by atoms with Gasteiger partial charge in [-0.05, 0) is 19.3 Å². The summed E-state index contributed by atoms with van der Waals surface area (Å²) in [4.78, 5) is 4.08. The molecule has 0 spiro atoms. The molecule has 0 saturated heterocycles. The molecule has 3 rings (SSSR count). The highest BCUT2D eigenvalue weighted by Crippen LogP contribution is 2.24. The molecule has 0 aliphatic carbocycles. The maximum atomic E-state index is 12.4. The summed E-state index contributed by atoms with van der Waals surface area (Å²) < 4.78 is 34.9. The molecule has 0 bridgehead atoms. The zero-order chi connectivity index (χ0) is 17.5. The van der Waals surface area contributed by atoms with Crippen LogP contribution in [0.15, 0.2) is 15.7 Å². The highest BCUT2D eigenvalue weighted by molar-refractivity contribution is 7.89. The van der Waals surface area contributed by atoms with E-state index in [0.717, 1.165) is 31.0 Å². The van der Waals surface area contributed by atoms with Crippen LogP contribution in [0.2, 0.25) is 0 Å². The minimum absolute atomic E-state index is 0.135. The standard InChI is InChI=1S/C15H23N5O3S/c1-10-18-19-12-6-5-11(9-20(10)12)7-17-24(21,22)13-8-16-14(23-13)15(2,3)4/h8,11,17H,5-7,9H2,1-4H3. The molecule has 0 radical (unpaired) electrons. The first-order valence-electron chi connectivity index (χ1n) is 8.01. The predicted molar refractivity (Wildman–Crippen MR) is 87.0 cm³/mol. The van der Waals surface area contributed by atoms with E-state index in [1.807, 2.05) is 27.7 Å². The van der Waals surface area contributed by atoms with Crippen molar-refractivity contribution in [3.8, 4) is 0 Å². The molecule has 9 heteroatoms. The molecule has 1 atom stereocenters. The smallest absolute Gasteiger partial charge is 0.275 e. The van der Waals surface area contributed by atoms with Gasteiger partial charge >= 0.3 is 0 Å². The summed E-state index contributed by atoms with van der Waals surface area (Å²) in [7, 11) is -3.69. The summed E-state index contributed by atoms with van der Waals surface area (Å²) in [6.07, 6.45) is 2.96. The Morgan fingerprint density at radius 3 is 2.79 bits per heavy atom. The molecule has 2 aromatic rings. The number of aromatic nitrogens is 4. The van der Waals surface area contributed by atoms with Crippen molar-refractivity contribution < 1.29 is 12.8 Å². The van der Waals surface area contributed by atoms with Crippen LogP contribution in [-0.2, 0) is 28.4 Å². The number of sulfonamides is 1. The number of fused-ring (bicyclic) bond motifs is 1. The van der Waals surface area contributed by atoms with Gasteiger partial charge in [-0.3, -0.25) is 0 Å². The topological polar surface area (TPSA) is 103 Å². The number of aryl methyl sites for hydroxylation is 2.